The van der Waals surface area contributed by atoms with Crippen LogP contribution in [0.2, 0.25) is 0 Å². The SMILES string of the molecule is CSc1ccc(C(CC(=O)O)NC(=S)Nc2ccc(Br)cn2)cc1. The van der Waals surface area contributed by atoms with E-state index in [0.29, 0.717) is 10.9 Å². The van der Waals surface area contributed by atoms with Gasteiger partial charge in [0.25, 0.3) is 0 Å². The van der Waals surface area contributed by atoms with Gasteiger partial charge in [-0.1, -0.05) is 12.1 Å². The molecule has 0 bridgehead atoms. The summed E-state index contributed by atoms with van der Waals surface area (Å²) >= 11 is 10.2. The zero-order valence-electron chi connectivity index (χ0n) is 12.8. The third-order valence-corrected chi connectivity index (χ3v) is 4.60. The van der Waals surface area contributed by atoms with Crippen LogP contribution in [0.15, 0.2) is 52.0 Å². The molecule has 0 spiro atoms. The van der Waals surface area contributed by atoms with E-state index >= 15 is 0 Å². The minimum Gasteiger partial charge on any atom is -0.481 e. The summed E-state index contributed by atoms with van der Waals surface area (Å²) in [5.41, 5.74) is 0.864. The van der Waals surface area contributed by atoms with E-state index in [4.69, 9.17) is 17.3 Å². The largest absolute Gasteiger partial charge is 0.481 e. The summed E-state index contributed by atoms with van der Waals surface area (Å²) in [6, 6.07) is 10.9. The fourth-order valence-corrected chi connectivity index (χ4v) is 2.91. The van der Waals surface area contributed by atoms with E-state index in [0.717, 1.165) is 14.9 Å². The van der Waals surface area contributed by atoms with Crippen LogP contribution in [0, 0.1) is 0 Å². The number of hydrogen-bond donors (Lipinski definition) is 3. The van der Waals surface area contributed by atoms with Crippen molar-refractivity contribution in [1.82, 2.24) is 10.3 Å². The quantitative estimate of drug-likeness (QED) is 0.475. The van der Waals surface area contributed by atoms with Crippen LogP contribution in [-0.2, 0) is 4.79 Å². The second-order valence-corrected chi connectivity index (χ2v) is 7.09. The van der Waals surface area contributed by atoms with Gasteiger partial charge in [0.05, 0.1) is 12.5 Å². The summed E-state index contributed by atoms with van der Waals surface area (Å²) in [7, 11) is 0. The molecule has 1 aromatic carbocycles. The summed E-state index contributed by atoms with van der Waals surface area (Å²) in [5, 5.41) is 15.5. The Bertz CT molecular complexity index is 708. The van der Waals surface area contributed by atoms with Gasteiger partial charge in [-0.05, 0) is 64.2 Å². The van der Waals surface area contributed by atoms with E-state index in [1.165, 1.54) is 0 Å². The van der Waals surface area contributed by atoms with Crippen molar-refractivity contribution in [3.63, 3.8) is 0 Å². The van der Waals surface area contributed by atoms with E-state index in [9.17, 15) is 4.79 Å². The fourth-order valence-electron chi connectivity index (χ4n) is 2.02. The van der Waals surface area contributed by atoms with E-state index in [1.54, 1.807) is 24.0 Å². The van der Waals surface area contributed by atoms with Crippen LogP contribution in [0.4, 0.5) is 5.82 Å². The number of hydrogen-bond acceptors (Lipinski definition) is 4. The minimum atomic E-state index is -0.897. The predicted octanol–water partition coefficient (Wildman–Crippen LogP) is 4.07. The van der Waals surface area contributed by atoms with Crippen LogP contribution in [0.25, 0.3) is 0 Å². The molecule has 0 aliphatic heterocycles. The Morgan fingerprint density at radius 3 is 2.58 bits per heavy atom. The van der Waals surface area contributed by atoms with E-state index < -0.39 is 12.0 Å². The molecular weight excluding hydrogens is 410 g/mol. The first-order chi connectivity index (χ1) is 11.5. The third kappa shape index (κ3) is 5.77. The number of aliphatic carboxylic acids is 1. The predicted molar refractivity (Wildman–Crippen MR) is 105 cm³/mol. The van der Waals surface area contributed by atoms with Crippen molar-refractivity contribution in [1.29, 1.82) is 0 Å². The molecule has 0 radical (unpaired) electrons. The molecule has 2 aromatic rings. The maximum absolute atomic E-state index is 11.2. The second-order valence-electron chi connectivity index (χ2n) is 4.88. The number of carbonyl (C=O) groups is 1. The fraction of sp³-hybridized carbons (Fsp3) is 0.188. The summed E-state index contributed by atoms with van der Waals surface area (Å²) in [6.45, 7) is 0. The summed E-state index contributed by atoms with van der Waals surface area (Å²) < 4.78 is 0.865. The molecule has 0 amide bonds. The van der Waals surface area contributed by atoms with Crippen LogP contribution in [-0.4, -0.2) is 27.4 Å². The molecule has 8 heteroatoms. The van der Waals surface area contributed by atoms with Crippen LogP contribution in [0.1, 0.15) is 18.0 Å². The van der Waals surface area contributed by atoms with Gasteiger partial charge in [-0.3, -0.25) is 4.79 Å². The summed E-state index contributed by atoms with van der Waals surface area (Å²) in [5.74, 6) is -0.312. The van der Waals surface area contributed by atoms with Gasteiger partial charge in [0.2, 0.25) is 0 Å². The molecular formula is C16H16BrN3O2S2. The normalized spacial score (nSPS) is 11.6. The number of pyridine rings is 1. The maximum Gasteiger partial charge on any atom is 0.305 e. The molecule has 1 heterocycles. The molecule has 1 unspecified atom stereocenters. The first kappa shape index (κ1) is 18.7. The number of anilines is 1. The number of thioether (sulfide) groups is 1. The lowest BCUT2D eigenvalue weighted by Crippen LogP contribution is -2.33. The average molecular weight is 426 g/mol. The number of carboxylic acids is 1. The number of nitrogens with one attached hydrogen (secondary N) is 2. The number of rotatable bonds is 6. The van der Waals surface area contributed by atoms with Gasteiger partial charge in [0.1, 0.15) is 5.82 Å². The smallest absolute Gasteiger partial charge is 0.305 e. The van der Waals surface area contributed by atoms with Crippen molar-refractivity contribution in [2.75, 3.05) is 11.6 Å². The van der Waals surface area contributed by atoms with Gasteiger partial charge in [-0.15, -0.1) is 11.8 Å². The number of carboxylic acid groups (broad SMARTS) is 1. The van der Waals surface area contributed by atoms with Crippen molar-refractivity contribution in [2.24, 2.45) is 0 Å². The average Bonchev–Trinajstić information content (AvgIpc) is 2.56. The Morgan fingerprint density at radius 1 is 1.33 bits per heavy atom. The molecule has 0 aliphatic rings. The summed E-state index contributed by atoms with van der Waals surface area (Å²) in [6.07, 6.45) is 3.57. The Balaban J connectivity index is 2.08. The van der Waals surface area contributed by atoms with Crippen molar-refractivity contribution in [3.8, 4) is 0 Å². The molecule has 1 aromatic heterocycles. The Morgan fingerprint density at radius 2 is 2.04 bits per heavy atom. The number of benzene rings is 1. The molecule has 24 heavy (non-hydrogen) atoms. The van der Waals surface area contributed by atoms with Gasteiger partial charge in [0.15, 0.2) is 5.11 Å². The van der Waals surface area contributed by atoms with Gasteiger partial charge in [-0.2, -0.15) is 0 Å². The Hall–Kier alpha value is -1.64. The highest BCUT2D eigenvalue weighted by Crippen LogP contribution is 2.21. The van der Waals surface area contributed by atoms with E-state index in [1.807, 2.05) is 36.6 Å². The Kier molecular flexibility index (Phi) is 7.01. The number of halogens is 1. The van der Waals surface area contributed by atoms with Crippen molar-refractivity contribution in [2.45, 2.75) is 17.4 Å². The molecule has 2 rings (SSSR count). The molecule has 0 saturated heterocycles. The maximum atomic E-state index is 11.2. The zero-order chi connectivity index (χ0) is 17.5. The van der Waals surface area contributed by atoms with Crippen LogP contribution in [0.5, 0.6) is 0 Å². The van der Waals surface area contributed by atoms with Gasteiger partial charge in [0, 0.05) is 15.6 Å². The highest BCUT2D eigenvalue weighted by Gasteiger charge is 2.17. The van der Waals surface area contributed by atoms with Gasteiger partial charge >= 0.3 is 5.97 Å². The van der Waals surface area contributed by atoms with E-state index in [-0.39, 0.29) is 6.42 Å². The standard InChI is InChI=1S/C16H16BrN3O2S2/c1-24-12-5-2-10(3-6-12)13(8-15(21)22)19-16(23)20-14-7-4-11(17)9-18-14/h2-7,9,13H,8H2,1H3,(H,21,22)(H2,18,19,20,23). The lowest BCUT2D eigenvalue weighted by atomic mass is 10.0. The Labute approximate surface area is 158 Å². The highest BCUT2D eigenvalue weighted by atomic mass is 79.9. The number of aromatic nitrogens is 1. The van der Waals surface area contributed by atoms with Gasteiger partial charge in [-0.25, -0.2) is 4.98 Å². The van der Waals surface area contributed by atoms with Crippen LogP contribution < -0.4 is 10.6 Å². The summed E-state index contributed by atoms with van der Waals surface area (Å²) in [4.78, 5) is 16.5. The molecule has 126 valence electrons. The first-order valence-electron chi connectivity index (χ1n) is 7.02. The highest BCUT2D eigenvalue weighted by molar-refractivity contribution is 9.10. The molecule has 0 saturated carbocycles. The van der Waals surface area contributed by atoms with E-state index in [2.05, 4.69) is 31.5 Å². The molecule has 0 fully saturated rings. The lowest BCUT2D eigenvalue weighted by Gasteiger charge is -2.20. The van der Waals surface area contributed by atoms with Crippen LogP contribution in [0.3, 0.4) is 0 Å². The van der Waals surface area contributed by atoms with Crippen molar-refractivity contribution in [3.05, 3.63) is 52.6 Å². The lowest BCUT2D eigenvalue weighted by molar-refractivity contribution is -0.137. The van der Waals surface area contributed by atoms with Crippen LogP contribution >= 0.6 is 39.9 Å². The third-order valence-electron chi connectivity index (χ3n) is 3.17. The first-order valence-corrected chi connectivity index (χ1v) is 9.45. The molecule has 1 atom stereocenters. The zero-order valence-corrected chi connectivity index (χ0v) is 16.0. The topological polar surface area (TPSA) is 74.2 Å². The molecule has 0 aliphatic carbocycles. The molecule has 5 nitrogen and oxygen atoms in total. The monoisotopic (exact) mass is 425 g/mol. The molecule has 3 N–H and O–H groups in total. The van der Waals surface area contributed by atoms with Crippen molar-refractivity contribution < 1.29 is 9.90 Å². The minimum absolute atomic E-state index is 0.0752. The second kappa shape index (κ2) is 9.00. The number of nitrogens with zero attached hydrogens (tertiary/aromatic N) is 1. The number of thiocarbonyl (C=S) groups is 1. The van der Waals surface area contributed by atoms with Crippen molar-refractivity contribution >= 4 is 56.8 Å². The van der Waals surface area contributed by atoms with Gasteiger partial charge < -0.3 is 15.7 Å².